The lowest BCUT2D eigenvalue weighted by Gasteiger charge is -2.46. The summed E-state index contributed by atoms with van der Waals surface area (Å²) in [6, 6.07) is 64.7. The fraction of sp³-hybridized carbons (Fsp3) is 0.0204. The summed E-state index contributed by atoms with van der Waals surface area (Å²) < 4.78 is 2.24. The van der Waals surface area contributed by atoms with Crippen LogP contribution in [0.1, 0.15) is 33.4 Å². The van der Waals surface area contributed by atoms with Gasteiger partial charge >= 0.3 is 0 Å². The summed E-state index contributed by atoms with van der Waals surface area (Å²) in [6.07, 6.45) is 0. The minimum absolute atomic E-state index is 0.482. The largest absolute Gasteiger partial charge is 0.310 e. The predicted octanol–water partition coefficient (Wildman–Crippen LogP) is 13.4. The molecule has 10 rings (SSSR count). The summed E-state index contributed by atoms with van der Waals surface area (Å²) in [7, 11) is 0. The van der Waals surface area contributed by atoms with Crippen molar-refractivity contribution in [2.24, 2.45) is 0 Å². The molecule has 3 nitrogen and oxygen atoms in total. The van der Waals surface area contributed by atoms with Gasteiger partial charge in [-0.05, 0) is 70.1 Å². The third-order valence-corrected chi connectivity index (χ3v) is 12.9. The lowest BCUT2D eigenvalue weighted by molar-refractivity contribution is 0.731. The fourth-order valence-electron chi connectivity index (χ4n) is 8.54. The van der Waals surface area contributed by atoms with E-state index in [4.69, 9.17) is 0 Å². The van der Waals surface area contributed by atoms with Crippen LogP contribution < -0.4 is 4.90 Å². The number of rotatable bonds is 5. The Hall–Kier alpha value is -6.76. The highest BCUT2D eigenvalue weighted by molar-refractivity contribution is 7.27. The van der Waals surface area contributed by atoms with Gasteiger partial charge in [-0.15, -0.1) is 22.7 Å². The lowest BCUT2D eigenvalue weighted by atomic mass is 9.62. The number of para-hydroxylation sites is 2. The van der Waals surface area contributed by atoms with Gasteiger partial charge in [0.15, 0.2) is 0 Å². The maximum Gasteiger partial charge on any atom is 0.0998 e. The quantitative estimate of drug-likeness (QED) is 0.178. The molecule has 0 N–H and O–H groups in total. The molecule has 0 radical (unpaired) electrons. The van der Waals surface area contributed by atoms with E-state index in [1.807, 2.05) is 12.1 Å². The summed E-state index contributed by atoms with van der Waals surface area (Å²) in [4.78, 5) is 3.59. The van der Waals surface area contributed by atoms with Crippen LogP contribution in [0.4, 0.5) is 17.1 Å². The molecule has 0 saturated carbocycles. The van der Waals surface area contributed by atoms with Crippen LogP contribution in [0, 0.1) is 22.7 Å². The first-order valence-electron chi connectivity index (χ1n) is 17.8. The molecule has 0 atom stereocenters. The molecule has 5 heteroatoms. The SMILES string of the molecule is N#Cc1cccc(C#N)c1-c1cc(N2c3ccccc3C(c3ccccc3)(c3ccccc3)c3ccccc32)cc2c1sc1c(-c3cccs3)cccc12. The van der Waals surface area contributed by atoms with E-state index in [-0.39, 0.29) is 0 Å². The Bertz CT molecular complexity index is 2840. The second-order valence-corrected chi connectivity index (χ2v) is 15.4. The third kappa shape index (κ3) is 4.63. The molecule has 0 unspecified atom stereocenters. The maximum atomic E-state index is 10.5. The monoisotopic (exact) mass is 723 g/mol. The number of hydrogen-bond acceptors (Lipinski definition) is 5. The van der Waals surface area contributed by atoms with Gasteiger partial charge in [-0.25, -0.2) is 0 Å². The summed E-state index contributed by atoms with van der Waals surface area (Å²) >= 11 is 3.47. The van der Waals surface area contributed by atoms with Gasteiger partial charge in [0.25, 0.3) is 0 Å². The van der Waals surface area contributed by atoms with Crippen LogP contribution >= 0.6 is 22.7 Å². The van der Waals surface area contributed by atoms with E-state index in [1.165, 1.54) is 37.4 Å². The fourth-order valence-corrected chi connectivity index (χ4v) is 10.7. The van der Waals surface area contributed by atoms with E-state index in [2.05, 4.69) is 174 Å². The molecule has 1 aliphatic heterocycles. The average Bonchev–Trinajstić information content (AvgIpc) is 3.92. The number of nitrogens with zero attached hydrogens (tertiary/aromatic N) is 3. The number of thiophene rings is 2. The summed E-state index contributed by atoms with van der Waals surface area (Å²) in [5, 5.41) is 25.3. The Morgan fingerprint density at radius 3 is 1.67 bits per heavy atom. The molecule has 0 saturated heterocycles. The van der Waals surface area contributed by atoms with Crippen molar-refractivity contribution in [3.05, 3.63) is 209 Å². The standard InChI is InChI=1S/C49H29N3S2/c50-30-32-14-11-15-33(31-51)46(32)40-29-36(28-39-37-20-12-21-38(45-26-13-27-53-45)47(37)54-48(39)40)52-43-24-9-7-22-41(43)49(34-16-3-1-4-17-34,35-18-5-2-6-19-35)42-23-8-10-25-44(42)52/h1-29H. The van der Waals surface area contributed by atoms with Crippen molar-refractivity contribution in [2.45, 2.75) is 5.41 Å². The number of hydrogen-bond donors (Lipinski definition) is 0. The van der Waals surface area contributed by atoms with E-state index in [0.717, 1.165) is 38.1 Å². The van der Waals surface area contributed by atoms with Crippen molar-refractivity contribution in [1.29, 1.82) is 10.5 Å². The highest BCUT2D eigenvalue weighted by Crippen LogP contribution is 2.58. The molecular formula is C49H29N3S2. The normalized spacial score (nSPS) is 12.9. The van der Waals surface area contributed by atoms with Gasteiger partial charge in [0.2, 0.25) is 0 Å². The van der Waals surface area contributed by atoms with E-state index in [1.54, 1.807) is 28.7 Å². The molecule has 0 fully saturated rings. The van der Waals surface area contributed by atoms with Crippen LogP contribution in [0.5, 0.6) is 0 Å². The highest BCUT2D eigenvalue weighted by Gasteiger charge is 2.46. The van der Waals surface area contributed by atoms with Crippen molar-refractivity contribution in [1.82, 2.24) is 0 Å². The Morgan fingerprint density at radius 2 is 1.07 bits per heavy atom. The molecule has 3 heterocycles. The molecule has 2 aromatic heterocycles. The third-order valence-electron chi connectivity index (χ3n) is 10.7. The minimum Gasteiger partial charge on any atom is -0.310 e. The first-order chi connectivity index (χ1) is 26.7. The van der Waals surface area contributed by atoms with Crippen molar-refractivity contribution in [2.75, 3.05) is 4.90 Å². The maximum absolute atomic E-state index is 10.5. The Balaban J connectivity index is 1.33. The molecule has 0 aliphatic carbocycles. The Labute approximate surface area is 321 Å². The zero-order valence-corrected chi connectivity index (χ0v) is 30.5. The molecule has 54 heavy (non-hydrogen) atoms. The predicted molar refractivity (Wildman–Crippen MR) is 224 cm³/mol. The summed E-state index contributed by atoms with van der Waals surface area (Å²) in [6.45, 7) is 0. The minimum atomic E-state index is -0.592. The van der Waals surface area contributed by atoms with Gasteiger partial charge in [0, 0.05) is 47.4 Å². The van der Waals surface area contributed by atoms with Gasteiger partial charge in [-0.2, -0.15) is 10.5 Å². The molecule has 0 amide bonds. The molecule has 7 aromatic carbocycles. The molecule has 9 aromatic rings. The second kappa shape index (κ2) is 12.7. The number of anilines is 3. The van der Waals surface area contributed by atoms with Crippen molar-refractivity contribution >= 4 is 59.9 Å². The summed E-state index contributed by atoms with van der Waals surface area (Å²) in [5.41, 5.74) is 10.9. The second-order valence-electron chi connectivity index (χ2n) is 13.4. The topological polar surface area (TPSA) is 50.8 Å². The Kier molecular flexibility index (Phi) is 7.53. The van der Waals surface area contributed by atoms with Crippen LogP contribution in [-0.4, -0.2) is 0 Å². The van der Waals surface area contributed by atoms with Gasteiger partial charge in [0.1, 0.15) is 0 Å². The van der Waals surface area contributed by atoms with Crippen LogP contribution in [0.25, 0.3) is 41.7 Å². The highest BCUT2D eigenvalue weighted by atomic mass is 32.1. The van der Waals surface area contributed by atoms with Crippen LogP contribution in [0.3, 0.4) is 0 Å². The number of benzene rings is 7. The van der Waals surface area contributed by atoms with Crippen molar-refractivity contribution in [3.63, 3.8) is 0 Å². The zero-order valence-electron chi connectivity index (χ0n) is 28.9. The van der Waals surface area contributed by atoms with E-state index in [9.17, 15) is 10.5 Å². The van der Waals surface area contributed by atoms with E-state index < -0.39 is 5.41 Å². The van der Waals surface area contributed by atoms with Gasteiger partial charge < -0.3 is 4.90 Å². The van der Waals surface area contributed by atoms with E-state index >= 15 is 0 Å². The number of fused-ring (bicyclic) bond motifs is 5. The molecule has 0 spiro atoms. The summed E-state index contributed by atoms with van der Waals surface area (Å²) in [5.74, 6) is 0. The van der Waals surface area contributed by atoms with Crippen LogP contribution in [0.2, 0.25) is 0 Å². The van der Waals surface area contributed by atoms with Gasteiger partial charge in [-0.3, -0.25) is 0 Å². The Morgan fingerprint density at radius 1 is 0.500 bits per heavy atom. The van der Waals surface area contributed by atoms with E-state index in [0.29, 0.717) is 16.7 Å². The lowest BCUT2D eigenvalue weighted by Crippen LogP contribution is -2.37. The van der Waals surface area contributed by atoms with Crippen LogP contribution in [0.15, 0.2) is 175 Å². The number of nitriles is 2. The average molecular weight is 724 g/mol. The molecule has 0 bridgehead atoms. The molecular weight excluding hydrogens is 695 g/mol. The first-order valence-corrected chi connectivity index (χ1v) is 19.5. The van der Waals surface area contributed by atoms with Gasteiger partial charge in [0.05, 0.1) is 40.1 Å². The van der Waals surface area contributed by atoms with Gasteiger partial charge in [-0.1, -0.05) is 127 Å². The smallest absolute Gasteiger partial charge is 0.0998 e. The molecule has 1 aliphatic rings. The van der Waals surface area contributed by atoms with Crippen LogP contribution in [-0.2, 0) is 5.41 Å². The first kappa shape index (κ1) is 31.9. The van der Waals surface area contributed by atoms with Crippen molar-refractivity contribution < 1.29 is 0 Å². The van der Waals surface area contributed by atoms with Crippen molar-refractivity contribution in [3.8, 4) is 33.7 Å². The zero-order chi connectivity index (χ0) is 36.2. The molecule has 252 valence electrons.